The Morgan fingerprint density at radius 2 is 1.82 bits per heavy atom. The molecule has 1 N–H and O–H groups in total. The summed E-state index contributed by atoms with van der Waals surface area (Å²) in [6.45, 7) is 0. The molecular formula is C16H16N2O3S. The van der Waals surface area contributed by atoms with Crippen LogP contribution in [0, 0.1) is 10.1 Å². The fraction of sp³-hybridized carbons (Fsp3) is 0.188. The van der Waals surface area contributed by atoms with E-state index >= 15 is 0 Å². The van der Waals surface area contributed by atoms with Gasteiger partial charge >= 0.3 is 0 Å². The molecule has 2 aromatic rings. The van der Waals surface area contributed by atoms with Crippen molar-refractivity contribution in [2.24, 2.45) is 0 Å². The third-order valence-electron chi connectivity index (χ3n) is 3.19. The maximum absolute atomic E-state index is 12.4. The molecular weight excluding hydrogens is 300 g/mol. The van der Waals surface area contributed by atoms with Crippen LogP contribution in [0.15, 0.2) is 54.6 Å². The van der Waals surface area contributed by atoms with Gasteiger partial charge in [0.05, 0.1) is 11.0 Å². The lowest BCUT2D eigenvalue weighted by molar-refractivity contribution is -0.385. The quantitative estimate of drug-likeness (QED) is 0.654. The number of carbonyl (C=O) groups excluding carboxylic acids is 1. The van der Waals surface area contributed by atoms with E-state index in [1.807, 2.05) is 36.6 Å². The Hall–Kier alpha value is -2.34. The molecule has 6 heteroatoms. The fourth-order valence-electron chi connectivity index (χ4n) is 2.13. The smallest absolute Gasteiger partial charge is 0.282 e. The zero-order chi connectivity index (χ0) is 15.9. The van der Waals surface area contributed by atoms with E-state index in [1.165, 1.54) is 12.1 Å². The maximum atomic E-state index is 12.4. The lowest BCUT2D eigenvalue weighted by atomic mass is 10.1. The normalized spacial score (nSPS) is 11.7. The zero-order valence-corrected chi connectivity index (χ0v) is 12.9. The summed E-state index contributed by atoms with van der Waals surface area (Å²) in [5.74, 6) is 0.256. The summed E-state index contributed by atoms with van der Waals surface area (Å²) in [7, 11) is 0. The van der Waals surface area contributed by atoms with Crippen LogP contribution < -0.4 is 5.32 Å². The van der Waals surface area contributed by atoms with Crippen molar-refractivity contribution < 1.29 is 9.72 Å². The first-order chi connectivity index (χ1) is 10.6. The average molecular weight is 316 g/mol. The monoisotopic (exact) mass is 316 g/mol. The second-order valence-corrected chi connectivity index (χ2v) is 5.58. The van der Waals surface area contributed by atoms with E-state index in [1.54, 1.807) is 23.9 Å². The van der Waals surface area contributed by atoms with Gasteiger partial charge in [-0.05, 0) is 17.9 Å². The van der Waals surface area contributed by atoms with Gasteiger partial charge in [-0.1, -0.05) is 42.5 Å². The number of benzene rings is 2. The summed E-state index contributed by atoms with van der Waals surface area (Å²) >= 11 is 1.60. The number of hydrogen-bond acceptors (Lipinski definition) is 4. The van der Waals surface area contributed by atoms with Crippen molar-refractivity contribution in [1.82, 2.24) is 5.32 Å². The molecule has 0 radical (unpaired) electrons. The minimum atomic E-state index is -0.541. The third kappa shape index (κ3) is 3.85. The number of nitro groups is 1. The van der Waals surface area contributed by atoms with Gasteiger partial charge in [0, 0.05) is 11.8 Å². The third-order valence-corrected chi connectivity index (χ3v) is 3.85. The summed E-state index contributed by atoms with van der Waals surface area (Å²) < 4.78 is 0. The molecule has 0 saturated heterocycles. The van der Waals surface area contributed by atoms with Gasteiger partial charge in [-0.15, -0.1) is 0 Å². The van der Waals surface area contributed by atoms with E-state index in [2.05, 4.69) is 5.32 Å². The van der Waals surface area contributed by atoms with Gasteiger partial charge < -0.3 is 5.32 Å². The Morgan fingerprint density at radius 3 is 2.45 bits per heavy atom. The number of carbonyl (C=O) groups is 1. The van der Waals surface area contributed by atoms with E-state index in [-0.39, 0.29) is 17.3 Å². The number of amides is 1. The highest BCUT2D eigenvalue weighted by Crippen LogP contribution is 2.21. The Balaban J connectivity index is 2.24. The standard InChI is InChI=1S/C16H16N2O3S/c1-22-11-14(12-7-3-2-4-8-12)17-16(19)13-9-5-6-10-15(13)18(20)21/h2-10,14H,11H2,1H3,(H,17,19)/t14-/m1/s1. The first-order valence-corrected chi connectivity index (χ1v) is 8.11. The summed E-state index contributed by atoms with van der Waals surface area (Å²) in [5, 5.41) is 13.9. The van der Waals surface area contributed by atoms with Crippen molar-refractivity contribution in [1.29, 1.82) is 0 Å². The van der Waals surface area contributed by atoms with Crippen molar-refractivity contribution in [2.75, 3.05) is 12.0 Å². The lowest BCUT2D eigenvalue weighted by Crippen LogP contribution is -2.30. The average Bonchev–Trinajstić information content (AvgIpc) is 2.55. The number of nitro benzene ring substituents is 1. The van der Waals surface area contributed by atoms with Gasteiger partial charge in [0.15, 0.2) is 0 Å². The van der Waals surface area contributed by atoms with Crippen LogP contribution in [-0.4, -0.2) is 22.8 Å². The molecule has 2 rings (SSSR count). The number of hydrogen-bond donors (Lipinski definition) is 1. The van der Waals surface area contributed by atoms with Gasteiger partial charge in [-0.2, -0.15) is 11.8 Å². The molecule has 0 fully saturated rings. The minimum Gasteiger partial charge on any atom is -0.344 e. The molecule has 0 aliphatic heterocycles. The highest BCUT2D eigenvalue weighted by molar-refractivity contribution is 7.98. The molecule has 0 spiro atoms. The highest BCUT2D eigenvalue weighted by Gasteiger charge is 2.22. The molecule has 0 bridgehead atoms. The highest BCUT2D eigenvalue weighted by atomic mass is 32.2. The van der Waals surface area contributed by atoms with Crippen molar-refractivity contribution in [2.45, 2.75) is 6.04 Å². The van der Waals surface area contributed by atoms with Gasteiger partial charge in [0.2, 0.25) is 0 Å². The van der Waals surface area contributed by atoms with Crippen LogP contribution in [0.1, 0.15) is 22.0 Å². The molecule has 5 nitrogen and oxygen atoms in total. The second kappa shape index (κ2) is 7.61. The molecule has 0 heterocycles. The molecule has 0 saturated carbocycles. The Kier molecular flexibility index (Phi) is 5.55. The molecule has 1 amide bonds. The van der Waals surface area contributed by atoms with Gasteiger partial charge in [0.1, 0.15) is 5.56 Å². The van der Waals surface area contributed by atoms with Crippen LogP contribution in [0.5, 0.6) is 0 Å². The Labute approximate surface area is 132 Å². The molecule has 114 valence electrons. The van der Waals surface area contributed by atoms with Gasteiger partial charge in [0.25, 0.3) is 11.6 Å². The molecule has 0 aliphatic rings. The summed E-state index contributed by atoms with van der Waals surface area (Å²) in [5.41, 5.74) is 0.870. The molecule has 1 atom stereocenters. The lowest BCUT2D eigenvalue weighted by Gasteiger charge is -2.18. The van der Waals surface area contributed by atoms with Crippen molar-refractivity contribution in [3.63, 3.8) is 0 Å². The summed E-state index contributed by atoms with van der Waals surface area (Å²) in [4.78, 5) is 22.9. The van der Waals surface area contributed by atoms with Crippen LogP contribution in [-0.2, 0) is 0 Å². The predicted octanol–water partition coefficient (Wildman–Crippen LogP) is 3.43. The SMILES string of the molecule is CSC[C@@H](NC(=O)c1ccccc1[N+](=O)[O-])c1ccccc1. The first-order valence-electron chi connectivity index (χ1n) is 6.71. The first kappa shape index (κ1) is 16.0. The van der Waals surface area contributed by atoms with Crippen molar-refractivity contribution in [3.05, 3.63) is 75.8 Å². The van der Waals surface area contributed by atoms with Crippen LogP contribution in [0.25, 0.3) is 0 Å². The summed E-state index contributed by atoms with van der Waals surface area (Å²) in [6.07, 6.45) is 1.95. The topological polar surface area (TPSA) is 72.2 Å². The number of nitrogens with one attached hydrogen (secondary N) is 1. The van der Waals surface area contributed by atoms with E-state index in [9.17, 15) is 14.9 Å². The summed E-state index contributed by atoms with van der Waals surface area (Å²) in [6, 6.07) is 15.3. The minimum absolute atomic E-state index is 0.0783. The molecule has 0 unspecified atom stereocenters. The number of thioether (sulfide) groups is 1. The van der Waals surface area contributed by atoms with Crippen LogP contribution in [0.4, 0.5) is 5.69 Å². The molecule has 0 aromatic heterocycles. The Bertz CT molecular complexity index is 661. The van der Waals surface area contributed by atoms with E-state index < -0.39 is 10.8 Å². The number of rotatable bonds is 6. The van der Waals surface area contributed by atoms with Crippen LogP contribution >= 0.6 is 11.8 Å². The zero-order valence-electron chi connectivity index (χ0n) is 12.1. The van der Waals surface area contributed by atoms with E-state index in [0.29, 0.717) is 5.75 Å². The largest absolute Gasteiger partial charge is 0.344 e. The van der Waals surface area contributed by atoms with Crippen molar-refractivity contribution in [3.8, 4) is 0 Å². The van der Waals surface area contributed by atoms with E-state index in [0.717, 1.165) is 5.56 Å². The fourth-order valence-corrected chi connectivity index (χ4v) is 2.74. The van der Waals surface area contributed by atoms with Gasteiger partial charge in [-0.25, -0.2) is 0 Å². The van der Waals surface area contributed by atoms with Crippen LogP contribution in [0.3, 0.4) is 0 Å². The number of para-hydroxylation sites is 1. The van der Waals surface area contributed by atoms with Crippen LogP contribution in [0.2, 0.25) is 0 Å². The molecule has 22 heavy (non-hydrogen) atoms. The second-order valence-electron chi connectivity index (χ2n) is 4.67. The predicted molar refractivity (Wildman–Crippen MR) is 88.1 cm³/mol. The maximum Gasteiger partial charge on any atom is 0.282 e. The van der Waals surface area contributed by atoms with Gasteiger partial charge in [-0.3, -0.25) is 14.9 Å². The molecule has 0 aliphatic carbocycles. The van der Waals surface area contributed by atoms with Crippen molar-refractivity contribution >= 4 is 23.4 Å². The molecule has 2 aromatic carbocycles. The van der Waals surface area contributed by atoms with E-state index in [4.69, 9.17) is 0 Å². The Morgan fingerprint density at radius 1 is 1.18 bits per heavy atom. The number of nitrogens with zero attached hydrogens (tertiary/aromatic N) is 1.